The van der Waals surface area contributed by atoms with Gasteiger partial charge in [-0.15, -0.1) is 0 Å². The van der Waals surface area contributed by atoms with Crippen molar-refractivity contribution in [2.45, 2.75) is 69.0 Å². The number of nitrogens with one attached hydrogen (secondary N) is 1. The molecule has 15 heteroatoms. The Kier molecular flexibility index (Phi) is 14.6. The average molecular weight is 1040 g/mol. The lowest BCUT2D eigenvalue weighted by Crippen LogP contribution is -2.58. The fraction of sp³-hybridized carbons (Fsp3) is 0.306. The van der Waals surface area contributed by atoms with Crippen molar-refractivity contribution in [2.24, 2.45) is 11.8 Å². The molecule has 0 aromatic heterocycles. The van der Waals surface area contributed by atoms with E-state index < -0.39 is 77.3 Å². The van der Waals surface area contributed by atoms with Crippen molar-refractivity contribution in [1.82, 2.24) is 20.0 Å². The zero-order chi connectivity index (χ0) is 54.1. The lowest BCUT2D eigenvalue weighted by atomic mass is 9.64. The number of carbonyl (C=O) groups is 5. The standard InChI is InChI=1S/C62H61N5O10/c1-38(2)52(58(70)76-6)63-61(73)66-48-29-24-39(19-16-31-64(3)36-40-17-10-7-11-18-40)33-47(48)62(60(66)72)51(57(69)65-32-30-44-34-49(74-4)50(75-5)35-45(44)37-65)54-59(71)77-55(42-22-14-9-15-23-42)53(41-20-12-8-13-21-41)67(54)56(62)43-25-27-46(68)28-26-43/h7-15,17-18,20-29,33-35,38,51-56,68H,30-32,36-37H2,1-6H3,(H,63,73)/t51-,52-,53-,54-,55+,56+,62-/m0/s1. The maximum absolute atomic E-state index is 16.9. The summed E-state index contributed by atoms with van der Waals surface area (Å²) in [6, 6.07) is 38.6. The number of methoxy groups -OCH3 is 3. The Morgan fingerprint density at radius 2 is 1.43 bits per heavy atom. The summed E-state index contributed by atoms with van der Waals surface area (Å²) in [6.07, 6.45) is -0.546. The topological polar surface area (TPSA) is 167 Å². The lowest BCUT2D eigenvalue weighted by molar-refractivity contribution is -0.179. The molecule has 0 radical (unpaired) electrons. The van der Waals surface area contributed by atoms with Gasteiger partial charge in [0.25, 0.3) is 0 Å². The van der Waals surface area contributed by atoms with Gasteiger partial charge in [0.15, 0.2) is 11.5 Å². The minimum atomic E-state index is -2.11. The SMILES string of the molecule is COC(=O)[C@@H](NC(=O)N1C(=O)[C@@]2(c3cc(C#CCN(C)Cc4ccccc4)ccc31)[C@H](C(=O)N1CCc3cc(OC)c(OC)cc3C1)[C@H]1C(=O)O[C@H](c3ccccc3)[C@H](c3ccccc3)N1[C@@H]2c1ccc(O)cc1)C(C)C. The molecule has 2 fully saturated rings. The van der Waals surface area contributed by atoms with E-state index in [0.29, 0.717) is 47.7 Å². The molecule has 1 spiro atoms. The summed E-state index contributed by atoms with van der Waals surface area (Å²) in [7, 11) is 6.29. The van der Waals surface area contributed by atoms with Gasteiger partial charge in [0, 0.05) is 25.2 Å². The number of amides is 4. The van der Waals surface area contributed by atoms with E-state index in [2.05, 4.69) is 22.1 Å². The van der Waals surface area contributed by atoms with E-state index in [-0.39, 0.29) is 30.1 Å². The maximum atomic E-state index is 16.9. The lowest BCUT2D eigenvalue weighted by Gasteiger charge is -2.46. The molecule has 4 amide bonds. The largest absolute Gasteiger partial charge is 0.508 e. The molecule has 0 aliphatic carbocycles. The molecular weight excluding hydrogens is 975 g/mol. The monoisotopic (exact) mass is 1040 g/mol. The first kappa shape index (κ1) is 52.0. The number of hydrogen-bond acceptors (Lipinski definition) is 12. The molecule has 0 saturated carbocycles. The average Bonchev–Trinajstić information content (AvgIpc) is 3.32. The van der Waals surface area contributed by atoms with Crippen LogP contribution in [-0.2, 0) is 53.6 Å². The van der Waals surface area contributed by atoms with Crippen molar-refractivity contribution in [3.05, 3.63) is 190 Å². The van der Waals surface area contributed by atoms with Crippen LogP contribution >= 0.6 is 0 Å². The van der Waals surface area contributed by atoms with Gasteiger partial charge in [0.2, 0.25) is 11.8 Å². The number of cyclic esters (lactones) is 1. The zero-order valence-electron chi connectivity index (χ0n) is 43.8. The van der Waals surface area contributed by atoms with Crippen LogP contribution in [0.3, 0.4) is 0 Å². The summed E-state index contributed by atoms with van der Waals surface area (Å²) in [5.74, 6) is 2.75. The van der Waals surface area contributed by atoms with E-state index in [1.165, 1.54) is 26.4 Å². The number of imide groups is 1. The second-order valence-electron chi connectivity index (χ2n) is 20.4. The van der Waals surface area contributed by atoms with Crippen LogP contribution in [0.1, 0.15) is 76.5 Å². The normalized spacial score (nSPS) is 21.8. The summed E-state index contributed by atoms with van der Waals surface area (Å²) in [5, 5.41) is 13.7. The van der Waals surface area contributed by atoms with Crippen molar-refractivity contribution in [3.63, 3.8) is 0 Å². The van der Waals surface area contributed by atoms with Crippen LogP contribution in [0.15, 0.2) is 146 Å². The maximum Gasteiger partial charge on any atom is 0.329 e. The summed E-state index contributed by atoms with van der Waals surface area (Å²) < 4.78 is 23.2. The van der Waals surface area contributed by atoms with Gasteiger partial charge in [0.05, 0.1) is 51.6 Å². The number of esters is 2. The van der Waals surface area contributed by atoms with Crippen molar-refractivity contribution in [1.29, 1.82) is 0 Å². The molecule has 77 heavy (non-hydrogen) atoms. The predicted molar refractivity (Wildman–Crippen MR) is 288 cm³/mol. The van der Waals surface area contributed by atoms with Gasteiger partial charge < -0.3 is 34.3 Å². The van der Waals surface area contributed by atoms with Gasteiger partial charge in [-0.1, -0.05) is 129 Å². The van der Waals surface area contributed by atoms with Crippen molar-refractivity contribution in [3.8, 4) is 29.1 Å². The smallest absolute Gasteiger partial charge is 0.329 e. The minimum absolute atomic E-state index is 0.0553. The number of urea groups is 1. The fourth-order valence-electron chi connectivity index (χ4n) is 11.9. The second-order valence-corrected chi connectivity index (χ2v) is 20.4. The number of carbonyl (C=O) groups excluding carboxylic acids is 5. The molecule has 4 heterocycles. The molecule has 6 aromatic rings. The Bertz CT molecular complexity index is 3270. The molecule has 0 unspecified atom stereocenters. The highest BCUT2D eigenvalue weighted by atomic mass is 16.6. The number of aromatic hydroxyl groups is 1. The highest BCUT2D eigenvalue weighted by molar-refractivity contribution is 6.25. The van der Waals surface area contributed by atoms with Crippen LogP contribution in [-0.4, -0.2) is 103 Å². The fourth-order valence-corrected chi connectivity index (χ4v) is 11.9. The van der Waals surface area contributed by atoms with E-state index in [4.69, 9.17) is 18.9 Å². The Morgan fingerprint density at radius 1 is 0.792 bits per heavy atom. The Morgan fingerprint density at radius 3 is 2.06 bits per heavy atom. The third kappa shape index (κ3) is 9.42. The van der Waals surface area contributed by atoms with Gasteiger partial charge in [0.1, 0.15) is 29.4 Å². The van der Waals surface area contributed by atoms with Crippen LogP contribution in [0, 0.1) is 23.7 Å². The first-order valence-corrected chi connectivity index (χ1v) is 25.8. The summed E-state index contributed by atoms with van der Waals surface area (Å²) in [5.41, 5.74) is 3.51. The summed E-state index contributed by atoms with van der Waals surface area (Å²) in [6.45, 7) is 4.80. The molecule has 394 valence electrons. The van der Waals surface area contributed by atoms with Gasteiger partial charge in [-0.3, -0.25) is 24.2 Å². The number of phenols is 1. The van der Waals surface area contributed by atoms with Crippen LogP contribution in [0.5, 0.6) is 17.2 Å². The van der Waals surface area contributed by atoms with E-state index in [1.807, 2.05) is 115 Å². The van der Waals surface area contributed by atoms with Gasteiger partial charge in [-0.25, -0.2) is 14.5 Å². The van der Waals surface area contributed by atoms with E-state index in [1.54, 1.807) is 56.2 Å². The Labute approximate surface area is 448 Å². The highest BCUT2D eigenvalue weighted by Crippen LogP contribution is 2.66. The van der Waals surface area contributed by atoms with Crippen LogP contribution < -0.4 is 19.7 Å². The molecule has 4 aliphatic rings. The number of phenolic OH excluding ortho intramolecular Hbond substituents is 1. The molecular formula is C62H61N5O10. The van der Waals surface area contributed by atoms with Crippen LogP contribution in [0.4, 0.5) is 10.5 Å². The minimum Gasteiger partial charge on any atom is -0.508 e. The number of anilines is 1. The van der Waals surface area contributed by atoms with Crippen molar-refractivity contribution in [2.75, 3.05) is 46.4 Å². The predicted octanol–water partition coefficient (Wildman–Crippen LogP) is 8.05. The summed E-state index contributed by atoms with van der Waals surface area (Å²) in [4.78, 5) is 84.6. The van der Waals surface area contributed by atoms with Crippen LogP contribution in [0.25, 0.3) is 0 Å². The molecule has 7 atom stereocenters. The number of fused-ring (bicyclic) bond motifs is 4. The quantitative estimate of drug-likeness (QED) is 0.0896. The number of nitrogens with zero attached hydrogens (tertiary/aromatic N) is 4. The van der Waals surface area contributed by atoms with Crippen molar-refractivity contribution < 1.29 is 48.0 Å². The van der Waals surface area contributed by atoms with E-state index in [0.717, 1.165) is 27.2 Å². The van der Waals surface area contributed by atoms with Crippen molar-refractivity contribution >= 4 is 35.5 Å². The summed E-state index contributed by atoms with van der Waals surface area (Å²) >= 11 is 0. The van der Waals surface area contributed by atoms with Gasteiger partial charge >= 0.3 is 18.0 Å². The first-order chi connectivity index (χ1) is 37.3. The highest BCUT2D eigenvalue weighted by Gasteiger charge is 2.76. The molecule has 15 nitrogen and oxygen atoms in total. The Hall–Kier alpha value is -8.45. The van der Waals surface area contributed by atoms with Gasteiger partial charge in [-0.05, 0) is 101 Å². The molecule has 10 rings (SSSR count). The number of ether oxygens (including phenoxy) is 4. The number of morpholine rings is 1. The molecule has 2 saturated heterocycles. The molecule has 6 aromatic carbocycles. The third-order valence-corrected chi connectivity index (χ3v) is 15.4. The van der Waals surface area contributed by atoms with Gasteiger partial charge in [-0.2, -0.15) is 0 Å². The Balaban J connectivity index is 1.23. The zero-order valence-corrected chi connectivity index (χ0v) is 43.8. The van der Waals surface area contributed by atoms with E-state index >= 15 is 19.2 Å². The number of hydrogen-bond donors (Lipinski definition) is 2. The van der Waals surface area contributed by atoms with Crippen LogP contribution in [0.2, 0.25) is 0 Å². The first-order valence-electron chi connectivity index (χ1n) is 25.8. The second kappa shape index (κ2) is 21.7. The number of rotatable bonds is 12. The molecule has 0 bridgehead atoms. The molecule has 4 aliphatic heterocycles. The molecule has 2 N–H and O–H groups in total. The third-order valence-electron chi connectivity index (χ3n) is 15.4. The number of benzene rings is 6. The van der Waals surface area contributed by atoms with E-state index in [9.17, 15) is 9.90 Å².